The summed E-state index contributed by atoms with van der Waals surface area (Å²) in [7, 11) is 0. The van der Waals surface area contributed by atoms with Crippen LogP contribution in [0.25, 0.3) is 11.0 Å². The Bertz CT molecular complexity index is 946. The summed E-state index contributed by atoms with van der Waals surface area (Å²) in [4.78, 5) is 32.5. The first-order valence-corrected chi connectivity index (χ1v) is 7.51. The van der Waals surface area contributed by atoms with Gasteiger partial charge in [0, 0.05) is 18.1 Å². The van der Waals surface area contributed by atoms with Gasteiger partial charge in [-0.25, -0.2) is 9.18 Å². The van der Waals surface area contributed by atoms with Crippen LogP contribution < -0.4 is 5.32 Å². The monoisotopic (exact) mass is 339 g/mol. The van der Waals surface area contributed by atoms with E-state index in [1.54, 1.807) is 24.4 Å². The summed E-state index contributed by atoms with van der Waals surface area (Å²) >= 11 is 0. The topological polar surface area (TPSA) is 81.2 Å². The molecule has 0 aliphatic carbocycles. The zero-order valence-electron chi connectivity index (χ0n) is 13.3. The lowest BCUT2D eigenvalue weighted by Gasteiger charge is -2.13. The molecular formula is C18H14FN3O3. The van der Waals surface area contributed by atoms with Crippen molar-refractivity contribution in [2.45, 2.75) is 13.0 Å². The number of carbonyl (C=O) groups excluding carboxylic acids is 2. The molecule has 0 saturated carbocycles. The highest BCUT2D eigenvalue weighted by Crippen LogP contribution is 2.14. The number of amides is 1. The van der Waals surface area contributed by atoms with E-state index in [4.69, 9.17) is 4.74 Å². The van der Waals surface area contributed by atoms with Crippen LogP contribution in [0.4, 0.5) is 10.1 Å². The summed E-state index contributed by atoms with van der Waals surface area (Å²) in [5, 5.41) is 2.49. The van der Waals surface area contributed by atoms with Crippen molar-refractivity contribution in [1.29, 1.82) is 0 Å². The Morgan fingerprint density at radius 2 is 1.84 bits per heavy atom. The van der Waals surface area contributed by atoms with Crippen LogP contribution in [-0.2, 0) is 9.53 Å². The fraction of sp³-hybridized carbons (Fsp3) is 0.111. The third kappa shape index (κ3) is 3.95. The molecule has 0 aliphatic rings. The molecule has 1 atom stereocenters. The first-order chi connectivity index (χ1) is 12.0. The third-order valence-electron chi connectivity index (χ3n) is 3.45. The van der Waals surface area contributed by atoms with Gasteiger partial charge in [-0.3, -0.25) is 14.8 Å². The highest BCUT2D eigenvalue weighted by atomic mass is 19.1. The van der Waals surface area contributed by atoms with Crippen LogP contribution in [0.3, 0.4) is 0 Å². The van der Waals surface area contributed by atoms with Gasteiger partial charge in [-0.05, 0) is 43.3 Å². The van der Waals surface area contributed by atoms with Gasteiger partial charge in [-0.2, -0.15) is 0 Å². The molecule has 0 bridgehead atoms. The van der Waals surface area contributed by atoms with Crippen molar-refractivity contribution < 1.29 is 18.7 Å². The predicted octanol–water partition coefficient (Wildman–Crippen LogP) is 2.95. The number of ether oxygens (including phenoxy) is 1. The lowest BCUT2D eigenvalue weighted by atomic mass is 10.2. The van der Waals surface area contributed by atoms with E-state index >= 15 is 0 Å². The lowest BCUT2D eigenvalue weighted by molar-refractivity contribution is -0.123. The first-order valence-electron chi connectivity index (χ1n) is 7.51. The highest BCUT2D eigenvalue weighted by molar-refractivity contribution is 5.98. The van der Waals surface area contributed by atoms with E-state index in [0.29, 0.717) is 11.0 Å². The zero-order valence-corrected chi connectivity index (χ0v) is 13.3. The lowest BCUT2D eigenvalue weighted by Crippen LogP contribution is -2.30. The molecule has 126 valence electrons. The molecule has 1 aromatic heterocycles. The van der Waals surface area contributed by atoms with Crippen LogP contribution in [-0.4, -0.2) is 27.9 Å². The first kappa shape index (κ1) is 16.5. The molecule has 1 heterocycles. The maximum Gasteiger partial charge on any atom is 0.338 e. The fourth-order valence-electron chi connectivity index (χ4n) is 2.18. The number of rotatable bonds is 4. The summed E-state index contributed by atoms with van der Waals surface area (Å²) in [6.07, 6.45) is 2.03. The minimum Gasteiger partial charge on any atom is -0.449 e. The highest BCUT2D eigenvalue weighted by Gasteiger charge is 2.19. The molecule has 1 N–H and O–H groups in total. The molecule has 0 radical (unpaired) electrons. The van der Waals surface area contributed by atoms with Gasteiger partial charge in [0.2, 0.25) is 0 Å². The van der Waals surface area contributed by atoms with Crippen molar-refractivity contribution in [2.24, 2.45) is 0 Å². The Balaban J connectivity index is 1.67. The molecule has 3 aromatic rings. The Morgan fingerprint density at radius 1 is 1.08 bits per heavy atom. The van der Waals surface area contributed by atoms with Gasteiger partial charge in [0.15, 0.2) is 6.10 Å². The molecule has 3 rings (SSSR count). The third-order valence-corrected chi connectivity index (χ3v) is 3.45. The number of hydrogen-bond donors (Lipinski definition) is 1. The van der Waals surface area contributed by atoms with Crippen LogP contribution in [0.1, 0.15) is 17.3 Å². The molecule has 0 aliphatic heterocycles. The smallest absolute Gasteiger partial charge is 0.338 e. The number of carbonyl (C=O) groups is 2. The minimum absolute atomic E-state index is 0.262. The molecule has 1 amide bonds. The summed E-state index contributed by atoms with van der Waals surface area (Å²) in [5.74, 6) is -1.69. The number of nitrogens with zero attached hydrogens (tertiary/aromatic N) is 2. The number of anilines is 1. The van der Waals surface area contributed by atoms with E-state index in [0.717, 1.165) is 0 Å². The Labute approximate surface area is 142 Å². The molecule has 0 saturated heterocycles. The summed E-state index contributed by atoms with van der Waals surface area (Å²) in [6.45, 7) is 1.44. The van der Waals surface area contributed by atoms with Crippen LogP contribution in [0.15, 0.2) is 54.9 Å². The fourth-order valence-corrected chi connectivity index (χ4v) is 2.18. The van der Waals surface area contributed by atoms with Gasteiger partial charge < -0.3 is 10.1 Å². The Morgan fingerprint density at radius 3 is 2.60 bits per heavy atom. The Kier molecular flexibility index (Phi) is 4.65. The standard InChI is InChI=1S/C18H14FN3O3/c1-11(17(23)22-14-4-2-3-13(19)10-14)25-18(24)12-5-6-15-16(9-12)21-8-7-20-15/h2-11H,1H3,(H,22,23)/t11-/m0/s1. The number of esters is 1. The van der Waals surface area contributed by atoms with Crippen molar-refractivity contribution in [3.8, 4) is 0 Å². The second-order valence-corrected chi connectivity index (χ2v) is 5.31. The van der Waals surface area contributed by atoms with Crippen LogP contribution in [0.2, 0.25) is 0 Å². The molecule has 2 aromatic carbocycles. The second kappa shape index (κ2) is 7.04. The SMILES string of the molecule is C[C@H](OC(=O)c1ccc2nccnc2c1)C(=O)Nc1cccc(F)c1. The summed E-state index contributed by atoms with van der Waals surface area (Å²) in [5.41, 5.74) is 1.75. The maximum absolute atomic E-state index is 13.1. The van der Waals surface area contributed by atoms with E-state index in [2.05, 4.69) is 15.3 Å². The van der Waals surface area contributed by atoms with Crippen molar-refractivity contribution in [3.05, 3.63) is 66.2 Å². The minimum atomic E-state index is -1.05. The number of benzene rings is 2. The van der Waals surface area contributed by atoms with E-state index in [1.807, 2.05) is 0 Å². The van der Waals surface area contributed by atoms with E-state index in [9.17, 15) is 14.0 Å². The van der Waals surface area contributed by atoms with Gasteiger partial charge in [0.05, 0.1) is 16.6 Å². The van der Waals surface area contributed by atoms with Gasteiger partial charge >= 0.3 is 5.97 Å². The molecule has 7 heteroatoms. The van der Waals surface area contributed by atoms with Crippen molar-refractivity contribution in [1.82, 2.24) is 9.97 Å². The van der Waals surface area contributed by atoms with Crippen molar-refractivity contribution in [3.63, 3.8) is 0 Å². The van der Waals surface area contributed by atoms with Crippen LogP contribution in [0, 0.1) is 5.82 Å². The number of nitrogens with one attached hydrogen (secondary N) is 1. The molecular weight excluding hydrogens is 325 g/mol. The number of fused-ring (bicyclic) bond motifs is 1. The average Bonchev–Trinajstić information content (AvgIpc) is 2.61. The van der Waals surface area contributed by atoms with Gasteiger partial charge in [0.1, 0.15) is 5.82 Å². The zero-order chi connectivity index (χ0) is 17.8. The second-order valence-electron chi connectivity index (χ2n) is 5.31. The van der Waals surface area contributed by atoms with Crippen LogP contribution >= 0.6 is 0 Å². The molecule has 6 nitrogen and oxygen atoms in total. The average molecular weight is 339 g/mol. The van der Waals surface area contributed by atoms with E-state index < -0.39 is 23.8 Å². The normalized spacial score (nSPS) is 11.8. The molecule has 0 spiro atoms. The number of aromatic nitrogens is 2. The predicted molar refractivity (Wildman–Crippen MR) is 89.4 cm³/mol. The molecule has 25 heavy (non-hydrogen) atoms. The van der Waals surface area contributed by atoms with Gasteiger partial charge in [0.25, 0.3) is 5.91 Å². The number of hydrogen-bond acceptors (Lipinski definition) is 5. The molecule has 0 unspecified atom stereocenters. The Hall–Kier alpha value is -3.35. The van der Waals surface area contributed by atoms with Crippen LogP contribution in [0.5, 0.6) is 0 Å². The van der Waals surface area contributed by atoms with Gasteiger partial charge in [-0.15, -0.1) is 0 Å². The van der Waals surface area contributed by atoms with Crippen molar-refractivity contribution >= 4 is 28.6 Å². The number of halogens is 1. The molecule has 0 fully saturated rings. The summed E-state index contributed by atoms with van der Waals surface area (Å²) in [6, 6.07) is 10.2. The largest absolute Gasteiger partial charge is 0.449 e. The van der Waals surface area contributed by atoms with E-state index in [1.165, 1.54) is 37.4 Å². The van der Waals surface area contributed by atoms with Gasteiger partial charge in [-0.1, -0.05) is 6.07 Å². The van der Waals surface area contributed by atoms with E-state index in [-0.39, 0.29) is 11.3 Å². The summed E-state index contributed by atoms with van der Waals surface area (Å²) < 4.78 is 18.3. The maximum atomic E-state index is 13.1. The van der Waals surface area contributed by atoms with Crippen molar-refractivity contribution in [2.75, 3.05) is 5.32 Å². The quantitative estimate of drug-likeness (QED) is 0.739.